The number of hydrogen-bond acceptors (Lipinski definition) is 7. The maximum Gasteiger partial charge on any atom is 0.276 e. The molecule has 0 aliphatic carbocycles. The average molecular weight is 294 g/mol. The standard InChI is InChI=1S/C12H18N6O3/c1-16(8-12(19)17-4-2-3-5-17)11-7-9(18(20)21)6-10(14-11)15-13/h6-7H,2-5,8,13H2,1H3,(H,14,15). The first kappa shape index (κ1) is 15.0. The second-order valence-corrected chi connectivity index (χ2v) is 4.91. The maximum absolute atomic E-state index is 12.1. The first-order valence-corrected chi connectivity index (χ1v) is 6.63. The van der Waals surface area contributed by atoms with Crippen LogP contribution in [0, 0.1) is 10.1 Å². The van der Waals surface area contributed by atoms with Crippen LogP contribution in [0.15, 0.2) is 12.1 Å². The second-order valence-electron chi connectivity index (χ2n) is 4.91. The van der Waals surface area contributed by atoms with Gasteiger partial charge in [-0.05, 0) is 12.8 Å². The highest BCUT2D eigenvalue weighted by Gasteiger charge is 2.21. The summed E-state index contributed by atoms with van der Waals surface area (Å²) in [5.74, 6) is 5.76. The molecule has 2 heterocycles. The van der Waals surface area contributed by atoms with Crippen LogP contribution in [-0.2, 0) is 4.79 Å². The molecule has 1 saturated heterocycles. The normalized spacial score (nSPS) is 14.1. The molecule has 1 amide bonds. The number of carbonyl (C=O) groups excluding carboxylic acids is 1. The molecule has 0 bridgehead atoms. The average Bonchev–Trinajstić information content (AvgIpc) is 3.00. The van der Waals surface area contributed by atoms with E-state index in [0.717, 1.165) is 25.9 Å². The van der Waals surface area contributed by atoms with Gasteiger partial charge in [0.25, 0.3) is 5.69 Å². The zero-order valence-electron chi connectivity index (χ0n) is 11.8. The molecular weight excluding hydrogens is 276 g/mol. The van der Waals surface area contributed by atoms with Crippen molar-refractivity contribution in [2.45, 2.75) is 12.8 Å². The molecule has 1 fully saturated rings. The third-order valence-corrected chi connectivity index (χ3v) is 3.38. The molecule has 2 rings (SSSR count). The second kappa shape index (κ2) is 6.35. The first-order chi connectivity index (χ1) is 10.0. The Hall–Kier alpha value is -2.42. The van der Waals surface area contributed by atoms with Crippen molar-refractivity contribution >= 4 is 23.2 Å². The van der Waals surface area contributed by atoms with E-state index in [1.807, 2.05) is 0 Å². The number of hydrogen-bond donors (Lipinski definition) is 2. The van der Waals surface area contributed by atoms with Crippen molar-refractivity contribution in [3.63, 3.8) is 0 Å². The van der Waals surface area contributed by atoms with Gasteiger partial charge in [0.2, 0.25) is 5.91 Å². The lowest BCUT2D eigenvalue weighted by Crippen LogP contribution is -2.37. The number of likely N-dealkylation sites (tertiary alicyclic amines) is 1. The Balaban J connectivity index is 2.13. The number of nitro groups is 1. The Morgan fingerprint density at radius 3 is 2.76 bits per heavy atom. The maximum atomic E-state index is 12.1. The highest BCUT2D eigenvalue weighted by molar-refractivity contribution is 5.81. The van der Waals surface area contributed by atoms with Crippen LogP contribution in [-0.4, -0.2) is 47.4 Å². The number of nitrogens with two attached hydrogens (primary N) is 1. The number of nitrogen functional groups attached to an aromatic ring is 1. The number of nitrogens with one attached hydrogen (secondary N) is 1. The summed E-state index contributed by atoms with van der Waals surface area (Å²) in [4.78, 5) is 29.9. The molecule has 0 atom stereocenters. The molecule has 21 heavy (non-hydrogen) atoms. The number of hydrazine groups is 1. The quantitative estimate of drug-likeness (QED) is 0.456. The van der Waals surface area contributed by atoms with Crippen LogP contribution < -0.4 is 16.2 Å². The smallest absolute Gasteiger partial charge is 0.276 e. The van der Waals surface area contributed by atoms with Gasteiger partial charge in [0, 0.05) is 20.1 Å². The molecule has 0 aromatic carbocycles. The largest absolute Gasteiger partial charge is 0.350 e. The number of amides is 1. The molecule has 9 heteroatoms. The van der Waals surface area contributed by atoms with Crippen LogP contribution in [0.5, 0.6) is 0 Å². The Kier molecular flexibility index (Phi) is 4.53. The Morgan fingerprint density at radius 1 is 1.52 bits per heavy atom. The topological polar surface area (TPSA) is 118 Å². The van der Waals surface area contributed by atoms with Crippen molar-refractivity contribution in [2.24, 2.45) is 5.84 Å². The van der Waals surface area contributed by atoms with Gasteiger partial charge in [-0.25, -0.2) is 10.8 Å². The van der Waals surface area contributed by atoms with Gasteiger partial charge in [-0.2, -0.15) is 0 Å². The van der Waals surface area contributed by atoms with Gasteiger partial charge in [0.05, 0.1) is 23.6 Å². The van der Waals surface area contributed by atoms with Gasteiger partial charge in [-0.15, -0.1) is 0 Å². The fourth-order valence-electron chi connectivity index (χ4n) is 2.23. The SMILES string of the molecule is CN(CC(=O)N1CCCC1)c1cc([N+](=O)[O-])cc(NN)n1. The van der Waals surface area contributed by atoms with Gasteiger partial charge in [0.1, 0.15) is 11.6 Å². The Labute approximate surface area is 121 Å². The van der Waals surface area contributed by atoms with E-state index in [4.69, 9.17) is 5.84 Å². The fourth-order valence-corrected chi connectivity index (χ4v) is 2.23. The summed E-state index contributed by atoms with van der Waals surface area (Å²) in [5.41, 5.74) is 2.16. The summed E-state index contributed by atoms with van der Waals surface area (Å²) < 4.78 is 0. The van der Waals surface area contributed by atoms with Crippen molar-refractivity contribution in [1.82, 2.24) is 9.88 Å². The summed E-state index contributed by atoms with van der Waals surface area (Å²) in [6.45, 7) is 1.66. The van der Waals surface area contributed by atoms with E-state index in [1.165, 1.54) is 12.1 Å². The van der Waals surface area contributed by atoms with Crippen molar-refractivity contribution in [3.05, 3.63) is 22.2 Å². The number of likely N-dealkylation sites (N-methyl/N-ethyl adjacent to an activating group) is 1. The molecule has 0 unspecified atom stereocenters. The number of rotatable bonds is 5. The Morgan fingerprint density at radius 2 is 2.19 bits per heavy atom. The molecule has 9 nitrogen and oxygen atoms in total. The lowest BCUT2D eigenvalue weighted by molar-refractivity contribution is -0.384. The van der Waals surface area contributed by atoms with Crippen LogP contribution in [0.1, 0.15) is 12.8 Å². The zero-order valence-corrected chi connectivity index (χ0v) is 11.8. The van der Waals surface area contributed by atoms with Crippen molar-refractivity contribution in [2.75, 3.05) is 37.0 Å². The number of anilines is 2. The highest BCUT2D eigenvalue weighted by Crippen LogP contribution is 2.22. The lowest BCUT2D eigenvalue weighted by Gasteiger charge is -2.22. The summed E-state index contributed by atoms with van der Waals surface area (Å²) in [6, 6.07) is 2.55. The van der Waals surface area contributed by atoms with Crippen LogP contribution >= 0.6 is 0 Å². The van der Waals surface area contributed by atoms with Gasteiger partial charge >= 0.3 is 0 Å². The van der Waals surface area contributed by atoms with Gasteiger partial charge in [0.15, 0.2) is 0 Å². The zero-order chi connectivity index (χ0) is 15.4. The molecule has 114 valence electrons. The summed E-state index contributed by atoms with van der Waals surface area (Å²) in [7, 11) is 1.67. The molecular formula is C12H18N6O3. The van der Waals surface area contributed by atoms with Gasteiger partial charge in [-0.1, -0.05) is 0 Å². The third-order valence-electron chi connectivity index (χ3n) is 3.38. The van der Waals surface area contributed by atoms with Crippen molar-refractivity contribution in [1.29, 1.82) is 0 Å². The van der Waals surface area contributed by atoms with E-state index in [-0.39, 0.29) is 24.0 Å². The molecule has 0 spiro atoms. The molecule has 3 N–H and O–H groups in total. The molecule has 1 aliphatic heterocycles. The molecule has 0 radical (unpaired) electrons. The predicted octanol–water partition coefficient (Wildman–Crippen LogP) is 0.334. The summed E-state index contributed by atoms with van der Waals surface area (Å²) in [5, 5.41) is 10.9. The number of pyridine rings is 1. The minimum absolute atomic E-state index is 0.00874. The molecule has 1 aliphatic rings. The summed E-state index contributed by atoms with van der Waals surface area (Å²) in [6.07, 6.45) is 2.04. The van der Waals surface area contributed by atoms with Crippen LogP contribution in [0.3, 0.4) is 0 Å². The van der Waals surface area contributed by atoms with Gasteiger partial charge in [-0.3, -0.25) is 14.9 Å². The van der Waals surface area contributed by atoms with Crippen LogP contribution in [0.4, 0.5) is 17.3 Å². The molecule has 1 aromatic heterocycles. The fraction of sp³-hybridized carbons (Fsp3) is 0.500. The number of carbonyl (C=O) groups is 1. The summed E-state index contributed by atoms with van der Waals surface area (Å²) >= 11 is 0. The molecule has 0 saturated carbocycles. The molecule has 1 aromatic rings. The monoisotopic (exact) mass is 294 g/mol. The minimum Gasteiger partial charge on any atom is -0.350 e. The first-order valence-electron chi connectivity index (χ1n) is 6.63. The van der Waals surface area contributed by atoms with E-state index >= 15 is 0 Å². The van der Waals surface area contributed by atoms with E-state index < -0.39 is 4.92 Å². The van der Waals surface area contributed by atoms with Crippen LogP contribution in [0.2, 0.25) is 0 Å². The van der Waals surface area contributed by atoms with Crippen LogP contribution in [0.25, 0.3) is 0 Å². The van der Waals surface area contributed by atoms with Crippen molar-refractivity contribution < 1.29 is 9.72 Å². The minimum atomic E-state index is -0.526. The Bertz CT molecular complexity index is 544. The van der Waals surface area contributed by atoms with E-state index in [2.05, 4.69) is 10.4 Å². The van der Waals surface area contributed by atoms with E-state index in [1.54, 1.807) is 16.8 Å². The number of aromatic nitrogens is 1. The predicted molar refractivity (Wildman–Crippen MR) is 77.8 cm³/mol. The number of nitrogens with zero attached hydrogens (tertiary/aromatic N) is 4. The van der Waals surface area contributed by atoms with E-state index in [9.17, 15) is 14.9 Å². The highest BCUT2D eigenvalue weighted by atomic mass is 16.6. The van der Waals surface area contributed by atoms with E-state index in [0.29, 0.717) is 5.82 Å². The third kappa shape index (κ3) is 3.57. The lowest BCUT2D eigenvalue weighted by atomic mass is 10.3. The van der Waals surface area contributed by atoms with Gasteiger partial charge < -0.3 is 15.2 Å². The van der Waals surface area contributed by atoms with Crippen molar-refractivity contribution in [3.8, 4) is 0 Å².